The molecule has 0 heterocycles. The number of anilines is 4. The van der Waals surface area contributed by atoms with Crippen molar-refractivity contribution in [1.82, 2.24) is 9.89 Å². The van der Waals surface area contributed by atoms with Crippen LogP contribution in [0.5, 0.6) is 11.5 Å². The molecule has 0 saturated heterocycles. The third-order valence-corrected chi connectivity index (χ3v) is 10.6. The van der Waals surface area contributed by atoms with Gasteiger partial charge in [0.2, 0.25) is 28.9 Å². The summed E-state index contributed by atoms with van der Waals surface area (Å²) in [6.45, 7) is 3.16. The highest BCUT2D eigenvalue weighted by Gasteiger charge is 2.35. The van der Waals surface area contributed by atoms with Crippen LogP contribution in [0.1, 0.15) is 43.4 Å². The number of methoxy groups -OCH3 is 2. The van der Waals surface area contributed by atoms with E-state index in [0.29, 0.717) is 22.9 Å². The Morgan fingerprint density at radius 1 is 0.661 bits per heavy atom. The number of amides is 2. The molecule has 5 aromatic carbocycles. The zero-order chi connectivity index (χ0) is 43.9. The second-order valence-electron chi connectivity index (χ2n) is 14.4. The molecule has 0 saturated carbocycles. The molecule has 5 aromatic rings. The first-order chi connectivity index (χ1) is 30.1. The Labute approximate surface area is 359 Å². The number of Topliss-reactive ketones (excluding diaryl/α,β-unsaturated/α-hetero) is 1. The summed E-state index contributed by atoms with van der Waals surface area (Å²) < 4.78 is 12.8. The molecule has 0 spiro atoms. The van der Waals surface area contributed by atoms with Gasteiger partial charge < -0.3 is 40.3 Å². The summed E-state index contributed by atoms with van der Waals surface area (Å²) in [5.74, 6) is -0.356. The first-order valence-corrected chi connectivity index (χ1v) is 20.1. The number of rotatable bonds is 14. The number of benzene rings is 5. The maximum atomic E-state index is 14.3. The number of aliphatic hydroxyl groups excluding tert-OH is 2. The fourth-order valence-corrected chi connectivity index (χ4v) is 7.20. The van der Waals surface area contributed by atoms with Gasteiger partial charge in [0.05, 0.1) is 38.8 Å². The summed E-state index contributed by atoms with van der Waals surface area (Å²) in [6, 6.07) is 34.7. The van der Waals surface area contributed by atoms with Crippen LogP contribution < -0.4 is 34.7 Å². The molecule has 0 aromatic heterocycles. The van der Waals surface area contributed by atoms with Crippen LogP contribution in [-0.4, -0.2) is 47.7 Å². The minimum absolute atomic E-state index is 0.0928. The number of hydrogen-bond acceptors (Lipinski definition) is 9. The Balaban J connectivity index is 1.35. The number of nitrogens with one attached hydrogen (secondary N) is 2. The van der Waals surface area contributed by atoms with Gasteiger partial charge in [-0.2, -0.15) is 4.58 Å². The highest BCUT2D eigenvalue weighted by molar-refractivity contribution is 6.40. The summed E-state index contributed by atoms with van der Waals surface area (Å²) in [7, 11) is 3.18. The molecule has 2 amide bonds. The molecule has 4 N–H and O–H groups in total. The van der Waals surface area contributed by atoms with Gasteiger partial charge in [-0.05, 0) is 77.9 Å². The zero-order valence-electron chi connectivity index (χ0n) is 34.8. The quantitative estimate of drug-likeness (QED) is 0.0659. The Kier molecular flexibility index (Phi) is 12.9. The summed E-state index contributed by atoms with van der Waals surface area (Å²) in [5.41, 5.74) is 6.59. The van der Waals surface area contributed by atoms with Crippen molar-refractivity contribution in [3.8, 4) is 11.5 Å². The highest BCUT2D eigenvalue weighted by Crippen LogP contribution is 2.44. The molecule has 0 atom stereocenters. The van der Waals surface area contributed by atoms with Crippen molar-refractivity contribution < 1.29 is 39.2 Å². The molecule has 12 heteroatoms. The van der Waals surface area contributed by atoms with Crippen molar-refractivity contribution in [3.05, 3.63) is 173 Å². The fraction of sp³-hybridized carbons (Fsp3) is 0.160. The standard InChI is InChI=1S/C50H46N4O8/c1-5-45(57)51-43-27-37(53(33-11-7-31(29-55)8-12-33)34-13-9-32(30-56)10-14-34)19-25-41(43)47-49(59)48(50(47)60)42-26-20-38(28-44(42)52-46(58)6-2)54(35-15-21-39(61-3)22-16-35)36-17-23-40(62-4)24-18-36/h7-28,55-56H,5-6,29-30H2,1-4H3,(H2,51,52,57,58,59,60). The molecule has 2 aliphatic carbocycles. The molecule has 62 heavy (non-hydrogen) atoms. The third-order valence-electron chi connectivity index (χ3n) is 10.6. The normalized spacial score (nSPS) is 14.5. The number of carbonyl (C=O) groups is 3. The van der Waals surface area contributed by atoms with Gasteiger partial charge >= 0.3 is 0 Å². The van der Waals surface area contributed by atoms with Crippen LogP contribution in [0, 0.1) is 0 Å². The van der Waals surface area contributed by atoms with E-state index in [4.69, 9.17) is 9.47 Å². The number of ketones is 1. The van der Waals surface area contributed by atoms with Crippen LogP contribution >= 0.6 is 0 Å². The lowest BCUT2D eigenvalue weighted by Crippen LogP contribution is -2.34. The van der Waals surface area contributed by atoms with E-state index >= 15 is 0 Å². The van der Waals surface area contributed by atoms with E-state index in [1.807, 2.05) is 82.3 Å². The van der Waals surface area contributed by atoms with Crippen LogP contribution in [0.3, 0.4) is 0 Å². The summed E-state index contributed by atoms with van der Waals surface area (Å²) >= 11 is 0. The van der Waals surface area contributed by atoms with Gasteiger partial charge in [-0.1, -0.05) is 49.9 Å². The van der Waals surface area contributed by atoms with Crippen LogP contribution in [-0.2, 0) is 27.6 Å². The van der Waals surface area contributed by atoms with E-state index < -0.39 is 11.5 Å². The first kappa shape index (κ1) is 42.6. The number of allylic oxidation sites excluding steroid dienone is 5. The lowest BCUT2D eigenvalue weighted by atomic mass is 9.78. The van der Waals surface area contributed by atoms with Crippen LogP contribution in [0.4, 0.5) is 34.1 Å². The molecule has 0 bridgehead atoms. The second kappa shape index (κ2) is 18.8. The van der Waals surface area contributed by atoms with E-state index in [9.17, 15) is 29.7 Å². The molecule has 12 nitrogen and oxygen atoms in total. The topological polar surface area (TPSA) is 164 Å². The van der Waals surface area contributed by atoms with E-state index in [2.05, 4.69) is 10.6 Å². The number of aliphatic hydroxyl groups is 2. The number of nitrogens with zero attached hydrogens (tertiary/aromatic N) is 2. The van der Waals surface area contributed by atoms with Gasteiger partial charge in [-0.25, -0.2) is 0 Å². The monoisotopic (exact) mass is 830 g/mol. The van der Waals surface area contributed by atoms with Crippen molar-refractivity contribution in [1.29, 1.82) is 0 Å². The molecular formula is C50H46N4O8. The summed E-state index contributed by atoms with van der Waals surface area (Å²) in [5, 5.41) is 39.6. The predicted octanol–water partition coefficient (Wildman–Crippen LogP) is 7.41. The molecule has 0 unspecified atom stereocenters. The minimum atomic E-state index is -0.535. The van der Waals surface area contributed by atoms with E-state index in [0.717, 1.165) is 33.9 Å². The van der Waals surface area contributed by atoms with Crippen molar-refractivity contribution in [3.63, 3.8) is 0 Å². The van der Waals surface area contributed by atoms with Gasteiger partial charge in [0.1, 0.15) is 11.5 Å². The minimum Gasteiger partial charge on any atom is -0.871 e. The lowest BCUT2D eigenvalue weighted by molar-refractivity contribution is -0.297. The predicted molar refractivity (Wildman–Crippen MR) is 239 cm³/mol. The van der Waals surface area contributed by atoms with Crippen LogP contribution in [0.15, 0.2) is 156 Å². The molecule has 314 valence electrons. The summed E-state index contributed by atoms with van der Waals surface area (Å²) in [4.78, 5) is 42.3. The molecule has 2 aliphatic rings. The highest BCUT2D eigenvalue weighted by atomic mass is 16.5. The molecule has 0 radical (unpaired) electrons. The van der Waals surface area contributed by atoms with Gasteiger partial charge in [-0.3, -0.25) is 14.4 Å². The zero-order valence-corrected chi connectivity index (χ0v) is 34.8. The summed E-state index contributed by atoms with van der Waals surface area (Å²) in [6.07, 6.45) is 5.48. The smallest absolute Gasteiger partial charge is 0.224 e. The van der Waals surface area contributed by atoms with Crippen molar-refractivity contribution >= 4 is 63.0 Å². The van der Waals surface area contributed by atoms with Crippen molar-refractivity contribution in [2.45, 2.75) is 39.9 Å². The maximum absolute atomic E-state index is 14.3. The average Bonchev–Trinajstić information content (AvgIpc) is 3.31. The maximum Gasteiger partial charge on any atom is 0.224 e. The lowest BCUT2D eigenvalue weighted by Gasteiger charge is -2.34. The third kappa shape index (κ3) is 8.69. The second-order valence-corrected chi connectivity index (χ2v) is 14.4. The Morgan fingerprint density at radius 3 is 1.63 bits per heavy atom. The largest absolute Gasteiger partial charge is 0.871 e. The van der Waals surface area contributed by atoms with E-state index in [1.54, 1.807) is 88.8 Å². The van der Waals surface area contributed by atoms with Crippen LogP contribution in [0.25, 0.3) is 5.57 Å². The van der Waals surface area contributed by atoms with Crippen molar-refractivity contribution in [2.75, 3.05) is 24.4 Å². The Morgan fingerprint density at radius 2 is 1.16 bits per heavy atom. The molecule has 0 aliphatic heterocycles. The Bertz CT molecular complexity index is 2580. The van der Waals surface area contributed by atoms with E-state index in [-0.39, 0.29) is 71.5 Å². The number of hydrogen-bond donors (Lipinski definition) is 4. The van der Waals surface area contributed by atoms with Crippen LogP contribution in [0.2, 0.25) is 0 Å². The SMILES string of the molecule is CCC(=O)NC1=CC(=[N+](c2ccc(OC)cc2)c2ccc(OC)cc2)C=CC1=C1C(=O)C(c2ccc(N(c3ccc(CO)cc3)c3ccc(CO)cc3)cc2NC(=O)CC)=C1[O-]. The first-order valence-electron chi connectivity index (χ1n) is 20.1. The van der Waals surface area contributed by atoms with E-state index in [1.165, 1.54) is 0 Å². The Hall–Kier alpha value is -7.54. The fourth-order valence-electron chi connectivity index (χ4n) is 7.20. The van der Waals surface area contributed by atoms with Gasteiger partial charge in [0, 0.05) is 88.6 Å². The number of carbonyl (C=O) groups excluding carboxylic acids is 3. The average molecular weight is 831 g/mol. The molecule has 0 fully saturated rings. The van der Waals surface area contributed by atoms with Gasteiger partial charge in [-0.15, -0.1) is 0 Å². The van der Waals surface area contributed by atoms with Gasteiger partial charge in [0.15, 0.2) is 5.78 Å². The van der Waals surface area contributed by atoms with Gasteiger partial charge in [0.25, 0.3) is 0 Å². The number of ether oxygens (including phenoxy) is 2. The molecule has 7 rings (SSSR count). The molecular weight excluding hydrogens is 785 g/mol. The van der Waals surface area contributed by atoms with Crippen molar-refractivity contribution in [2.24, 2.45) is 0 Å².